The van der Waals surface area contributed by atoms with Gasteiger partial charge in [-0.2, -0.15) is 0 Å². The van der Waals surface area contributed by atoms with Crippen LogP contribution in [0.3, 0.4) is 0 Å². The van der Waals surface area contributed by atoms with Crippen molar-refractivity contribution in [1.82, 2.24) is 4.90 Å². The molecule has 0 aliphatic carbocycles. The number of nitrogens with zero attached hydrogens (tertiary/aromatic N) is 1. The number of halogens is 1. The molecule has 1 heterocycles. The Bertz CT molecular complexity index is 421. The zero-order chi connectivity index (χ0) is 14.5. The third-order valence-corrected chi connectivity index (χ3v) is 4.97. The fourth-order valence-electron chi connectivity index (χ4n) is 3.32. The van der Waals surface area contributed by atoms with E-state index in [-0.39, 0.29) is 12.1 Å². The molecule has 0 aromatic heterocycles. The second-order valence-electron chi connectivity index (χ2n) is 5.95. The Kier molecular flexibility index (Phi) is 5.88. The SMILES string of the molecule is CCC1CCCN(C(c2ccccc2Cl)C(N)CC)C1. The third kappa shape index (κ3) is 3.55. The lowest BCUT2D eigenvalue weighted by molar-refractivity contribution is 0.104. The van der Waals surface area contributed by atoms with Crippen LogP contribution in [-0.2, 0) is 0 Å². The highest BCUT2D eigenvalue weighted by atomic mass is 35.5. The molecule has 0 radical (unpaired) electrons. The minimum atomic E-state index is 0.144. The molecule has 3 unspecified atom stereocenters. The lowest BCUT2D eigenvalue weighted by Crippen LogP contribution is -2.45. The van der Waals surface area contributed by atoms with Crippen molar-refractivity contribution in [2.24, 2.45) is 11.7 Å². The maximum Gasteiger partial charge on any atom is 0.0513 e. The molecule has 2 nitrogen and oxygen atoms in total. The summed E-state index contributed by atoms with van der Waals surface area (Å²) in [6.07, 6.45) is 4.86. The van der Waals surface area contributed by atoms with Gasteiger partial charge in [0, 0.05) is 17.6 Å². The molecule has 1 aromatic carbocycles. The molecule has 0 saturated carbocycles. The molecule has 1 fully saturated rings. The van der Waals surface area contributed by atoms with Crippen molar-refractivity contribution < 1.29 is 0 Å². The Hall–Kier alpha value is -0.570. The summed E-state index contributed by atoms with van der Waals surface area (Å²) in [6, 6.07) is 8.57. The highest BCUT2D eigenvalue weighted by molar-refractivity contribution is 6.31. The monoisotopic (exact) mass is 294 g/mol. The van der Waals surface area contributed by atoms with Gasteiger partial charge in [0.25, 0.3) is 0 Å². The molecule has 2 rings (SSSR count). The van der Waals surface area contributed by atoms with Crippen LogP contribution >= 0.6 is 11.6 Å². The first-order chi connectivity index (χ1) is 9.67. The summed E-state index contributed by atoms with van der Waals surface area (Å²) < 4.78 is 0. The number of nitrogens with two attached hydrogens (primary N) is 1. The molecular weight excluding hydrogens is 268 g/mol. The highest BCUT2D eigenvalue weighted by Gasteiger charge is 2.30. The molecule has 3 atom stereocenters. The number of hydrogen-bond acceptors (Lipinski definition) is 2. The molecule has 1 saturated heterocycles. The number of benzene rings is 1. The second kappa shape index (κ2) is 7.44. The molecular formula is C17H27ClN2. The van der Waals surface area contributed by atoms with Crippen molar-refractivity contribution in [3.8, 4) is 0 Å². The normalized spacial score (nSPS) is 23.5. The van der Waals surface area contributed by atoms with Crippen LogP contribution in [0, 0.1) is 5.92 Å². The Morgan fingerprint density at radius 3 is 2.75 bits per heavy atom. The minimum Gasteiger partial charge on any atom is -0.326 e. The van der Waals surface area contributed by atoms with Gasteiger partial charge in [0.05, 0.1) is 6.04 Å². The molecule has 1 aliphatic rings. The van der Waals surface area contributed by atoms with Crippen LogP contribution in [0.1, 0.15) is 51.1 Å². The molecule has 112 valence electrons. The molecule has 20 heavy (non-hydrogen) atoms. The number of hydrogen-bond donors (Lipinski definition) is 1. The van der Waals surface area contributed by atoms with Crippen LogP contribution in [0.5, 0.6) is 0 Å². The molecule has 0 spiro atoms. The lowest BCUT2D eigenvalue weighted by Gasteiger charge is -2.41. The van der Waals surface area contributed by atoms with E-state index in [0.717, 1.165) is 30.5 Å². The lowest BCUT2D eigenvalue weighted by atomic mass is 9.90. The van der Waals surface area contributed by atoms with Crippen LogP contribution in [-0.4, -0.2) is 24.0 Å². The summed E-state index contributed by atoms with van der Waals surface area (Å²) in [5.41, 5.74) is 7.63. The van der Waals surface area contributed by atoms with Crippen LogP contribution in [0.15, 0.2) is 24.3 Å². The quantitative estimate of drug-likeness (QED) is 0.880. The third-order valence-electron chi connectivity index (χ3n) is 4.62. The van der Waals surface area contributed by atoms with Gasteiger partial charge in [0.1, 0.15) is 0 Å². The summed E-state index contributed by atoms with van der Waals surface area (Å²) >= 11 is 6.43. The molecule has 1 aliphatic heterocycles. The van der Waals surface area contributed by atoms with E-state index in [9.17, 15) is 0 Å². The van der Waals surface area contributed by atoms with E-state index in [1.807, 2.05) is 12.1 Å². The first kappa shape index (κ1) is 15.8. The molecule has 0 amide bonds. The number of rotatable bonds is 5. The van der Waals surface area contributed by atoms with Gasteiger partial charge in [0.15, 0.2) is 0 Å². The largest absolute Gasteiger partial charge is 0.326 e. The van der Waals surface area contributed by atoms with Gasteiger partial charge in [0.2, 0.25) is 0 Å². The van der Waals surface area contributed by atoms with Crippen molar-refractivity contribution in [2.45, 2.75) is 51.6 Å². The van der Waals surface area contributed by atoms with Gasteiger partial charge in [-0.15, -0.1) is 0 Å². The van der Waals surface area contributed by atoms with E-state index in [1.165, 1.54) is 24.8 Å². The van der Waals surface area contributed by atoms with Gasteiger partial charge < -0.3 is 5.73 Å². The van der Waals surface area contributed by atoms with E-state index < -0.39 is 0 Å². The van der Waals surface area contributed by atoms with Gasteiger partial charge in [-0.3, -0.25) is 4.90 Å². The molecule has 1 aromatic rings. The summed E-state index contributed by atoms with van der Waals surface area (Å²) in [5, 5.41) is 0.847. The number of piperidine rings is 1. The first-order valence-corrected chi connectivity index (χ1v) is 8.29. The standard InChI is InChI=1S/C17H27ClN2/c1-3-13-8-7-11-20(12-13)17(16(19)4-2)14-9-5-6-10-15(14)18/h5-6,9-10,13,16-17H,3-4,7-8,11-12,19H2,1-2H3. The Balaban J connectivity index is 2.26. The van der Waals surface area contributed by atoms with Crippen molar-refractivity contribution in [2.75, 3.05) is 13.1 Å². The fourth-order valence-corrected chi connectivity index (χ4v) is 3.57. The van der Waals surface area contributed by atoms with Crippen LogP contribution in [0.2, 0.25) is 5.02 Å². The highest BCUT2D eigenvalue weighted by Crippen LogP contribution is 2.34. The van der Waals surface area contributed by atoms with E-state index in [0.29, 0.717) is 0 Å². The van der Waals surface area contributed by atoms with Crippen molar-refractivity contribution >= 4 is 11.6 Å². The zero-order valence-electron chi connectivity index (χ0n) is 12.7. The Morgan fingerprint density at radius 1 is 1.35 bits per heavy atom. The summed E-state index contributed by atoms with van der Waals surface area (Å²) in [4.78, 5) is 2.56. The topological polar surface area (TPSA) is 29.3 Å². The molecule has 0 bridgehead atoms. The predicted molar refractivity (Wildman–Crippen MR) is 87.0 cm³/mol. The Morgan fingerprint density at radius 2 is 2.10 bits per heavy atom. The first-order valence-electron chi connectivity index (χ1n) is 7.91. The second-order valence-corrected chi connectivity index (χ2v) is 6.36. The predicted octanol–water partition coefficient (Wildman–Crippen LogP) is 4.24. The van der Waals surface area contributed by atoms with Crippen molar-refractivity contribution in [1.29, 1.82) is 0 Å². The van der Waals surface area contributed by atoms with E-state index in [1.54, 1.807) is 0 Å². The summed E-state index contributed by atoms with van der Waals surface area (Å²) in [5.74, 6) is 0.804. The average molecular weight is 295 g/mol. The van der Waals surface area contributed by atoms with Gasteiger partial charge in [-0.25, -0.2) is 0 Å². The average Bonchev–Trinajstić information content (AvgIpc) is 2.49. The van der Waals surface area contributed by atoms with Gasteiger partial charge in [-0.05, 0) is 43.4 Å². The van der Waals surface area contributed by atoms with Crippen molar-refractivity contribution in [3.05, 3.63) is 34.9 Å². The molecule has 3 heteroatoms. The van der Waals surface area contributed by atoms with Crippen LogP contribution < -0.4 is 5.73 Å². The summed E-state index contributed by atoms with van der Waals surface area (Å²) in [6.45, 7) is 6.74. The van der Waals surface area contributed by atoms with E-state index in [2.05, 4.69) is 30.9 Å². The van der Waals surface area contributed by atoms with E-state index in [4.69, 9.17) is 17.3 Å². The Labute approximate surface area is 128 Å². The van der Waals surface area contributed by atoms with Gasteiger partial charge in [-0.1, -0.05) is 50.1 Å². The maximum absolute atomic E-state index is 6.44. The van der Waals surface area contributed by atoms with E-state index >= 15 is 0 Å². The smallest absolute Gasteiger partial charge is 0.0513 e. The minimum absolute atomic E-state index is 0.144. The zero-order valence-corrected chi connectivity index (χ0v) is 13.4. The molecule has 2 N–H and O–H groups in total. The van der Waals surface area contributed by atoms with Gasteiger partial charge >= 0.3 is 0 Å². The maximum atomic E-state index is 6.44. The fraction of sp³-hybridized carbons (Fsp3) is 0.647. The van der Waals surface area contributed by atoms with Crippen LogP contribution in [0.4, 0.5) is 0 Å². The van der Waals surface area contributed by atoms with Crippen LogP contribution in [0.25, 0.3) is 0 Å². The summed E-state index contributed by atoms with van der Waals surface area (Å²) in [7, 11) is 0. The van der Waals surface area contributed by atoms with Crippen molar-refractivity contribution in [3.63, 3.8) is 0 Å². The number of likely N-dealkylation sites (tertiary alicyclic amines) is 1.